The molecule has 3 aromatic rings. The number of thiazole rings is 1. The smallest absolute Gasteiger partial charge is 0.282 e. The molecule has 1 saturated heterocycles. The van der Waals surface area contributed by atoms with Crippen LogP contribution in [0.5, 0.6) is 5.75 Å². The number of piperidine rings is 1. The molecule has 0 N–H and O–H groups in total. The Balaban J connectivity index is 1.18. The van der Waals surface area contributed by atoms with E-state index in [1.807, 2.05) is 5.38 Å². The first-order valence-corrected chi connectivity index (χ1v) is 15.2. The molecule has 1 fully saturated rings. The summed E-state index contributed by atoms with van der Waals surface area (Å²) >= 11 is 6.31. The Morgan fingerprint density at radius 3 is 2.68 bits per heavy atom. The lowest BCUT2D eigenvalue weighted by Crippen LogP contribution is -2.40. The molecular formula is C25H24ClF4N5O4S2. The quantitative estimate of drug-likeness (QED) is 0.276. The van der Waals surface area contributed by atoms with Crippen LogP contribution in [0.25, 0.3) is 0 Å². The third-order valence-corrected chi connectivity index (χ3v) is 8.54. The van der Waals surface area contributed by atoms with Gasteiger partial charge in [-0.1, -0.05) is 22.8 Å². The molecule has 1 aromatic carbocycles. The predicted octanol–water partition coefficient (Wildman–Crippen LogP) is 5.81. The van der Waals surface area contributed by atoms with Crippen molar-refractivity contribution in [2.75, 3.05) is 19.3 Å². The van der Waals surface area contributed by atoms with Crippen molar-refractivity contribution in [3.8, 4) is 5.75 Å². The van der Waals surface area contributed by atoms with Crippen LogP contribution in [0.3, 0.4) is 0 Å². The second-order valence-electron chi connectivity index (χ2n) is 9.45. The lowest BCUT2D eigenvalue weighted by atomic mass is 9.97. The normalized spacial score (nSPS) is 18.6. The molecule has 41 heavy (non-hydrogen) atoms. The Kier molecular flexibility index (Phi) is 8.94. The van der Waals surface area contributed by atoms with Crippen LogP contribution in [0.2, 0.25) is 5.02 Å². The van der Waals surface area contributed by atoms with Crippen LogP contribution in [0, 0.1) is 0 Å². The summed E-state index contributed by atoms with van der Waals surface area (Å²) in [5.41, 5.74) is 0.349. The summed E-state index contributed by atoms with van der Waals surface area (Å²) in [5.74, 6) is -0.0358. The average molecular weight is 634 g/mol. The fourth-order valence-corrected chi connectivity index (χ4v) is 6.47. The summed E-state index contributed by atoms with van der Waals surface area (Å²) in [6, 6.07) is 5.67. The van der Waals surface area contributed by atoms with Crippen LogP contribution < -0.4 is 4.18 Å². The Bertz CT molecular complexity index is 1480. The minimum atomic E-state index is -3.03. The van der Waals surface area contributed by atoms with Crippen molar-refractivity contribution < 1.29 is 35.6 Å². The highest BCUT2D eigenvalue weighted by Gasteiger charge is 2.32. The number of carbonyl (C=O) groups excluding carboxylic acids is 1. The zero-order chi connectivity index (χ0) is 29.3. The topological polar surface area (TPSA) is 98.9 Å². The van der Waals surface area contributed by atoms with Crippen LogP contribution in [0.15, 0.2) is 34.8 Å². The number of rotatable bonds is 9. The molecular weight excluding hydrogens is 610 g/mol. The maximum Gasteiger partial charge on any atom is 0.282 e. The third-order valence-electron chi connectivity index (χ3n) is 6.79. The molecule has 4 heterocycles. The minimum Gasteiger partial charge on any atom is -0.400 e. The van der Waals surface area contributed by atoms with Crippen molar-refractivity contribution in [1.29, 1.82) is 0 Å². The maximum absolute atomic E-state index is 13.3. The summed E-state index contributed by atoms with van der Waals surface area (Å²) < 4.78 is 70.1. The molecule has 16 heteroatoms. The summed E-state index contributed by atoms with van der Waals surface area (Å²) in [7, 11) is 0. The summed E-state index contributed by atoms with van der Waals surface area (Å²) in [6.45, 7) is 0.197. The van der Waals surface area contributed by atoms with Gasteiger partial charge in [-0.3, -0.25) is 9.48 Å². The van der Waals surface area contributed by atoms with Gasteiger partial charge in [0.15, 0.2) is 6.10 Å². The van der Waals surface area contributed by atoms with Crippen molar-refractivity contribution in [3.05, 3.63) is 62.3 Å². The fourth-order valence-electron chi connectivity index (χ4n) is 4.78. The molecule has 2 aliphatic heterocycles. The van der Waals surface area contributed by atoms with E-state index in [-0.39, 0.29) is 5.92 Å². The molecule has 9 nitrogen and oxygen atoms in total. The number of carbonyl (C=O) groups is 1. The summed E-state index contributed by atoms with van der Waals surface area (Å²) in [6.07, 6.45) is -3.58. The molecule has 2 aliphatic rings. The first-order valence-electron chi connectivity index (χ1n) is 12.5. The number of alkyl halides is 4. The molecule has 2 unspecified atom stereocenters. The molecule has 2 aromatic heterocycles. The number of amides is 1. The van der Waals surface area contributed by atoms with Gasteiger partial charge in [0.1, 0.15) is 29.4 Å². The molecule has 0 radical (unpaired) electrons. The number of benzene rings is 1. The van der Waals surface area contributed by atoms with E-state index in [9.17, 15) is 26.6 Å². The van der Waals surface area contributed by atoms with Gasteiger partial charge in [0.25, 0.3) is 12.9 Å². The predicted molar refractivity (Wildman–Crippen MR) is 144 cm³/mol. The van der Waals surface area contributed by atoms with E-state index in [1.54, 1.807) is 18.2 Å². The molecule has 1 amide bonds. The van der Waals surface area contributed by atoms with Gasteiger partial charge in [-0.25, -0.2) is 26.8 Å². The molecule has 0 aliphatic carbocycles. The number of nitrogens with zero attached hydrogens (tertiary/aromatic N) is 5. The molecule has 0 bridgehead atoms. The molecule has 5 rings (SSSR count). The van der Waals surface area contributed by atoms with Gasteiger partial charge in [-0.15, -0.1) is 11.3 Å². The van der Waals surface area contributed by atoms with Gasteiger partial charge >= 0.3 is 0 Å². The average Bonchev–Trinajstić information content (AvgIpc) is 3.68. The van der Waals surface area contributed by atoms with Gasteiger partial charge in [-0.05, 0) is 31.0 Å². The van der Waals surface area contributed by atoms with Gasteiger partial charge < -0.3 is 13.9 Å². The largest absolute Gasteiger partial charge is 0.400 e. The SMILES string of the molecule is CS(=O)Oc1cccc(Cl)c1C1CC(c2csc(C3CCN(C(=O)Cn4nc(C(F)F)cc4C(F)F)CC3)n2)=NO1. The second-order valence-corrected chi connectivity index (χ2v) is 11.7. The number of halogens is 5. The van der Waals surface area contributed by atoms with Crippen LogP contribution in [-0.2, 0) is 27.3 Å². The molecule has 2 atom stereocenters. The van der Waals surface area contributed by atoms with Crippen molar-refractivity contribution in [3.63, 3.8) is 0 Å². The Morgan fingerprint density at radius 1 is 1.24 bits per heavy atom. The summed E-state index contributed by atoms with van der Waals surface area (Å²) in [4.78, 5) is 24.7. The zero-order valence-electron chi connectivity index (χ0n) is 21.5. The number of oxime groups is 1. The Labute approximate surface area is 243 Å². The van der Waals surface area contributed by atoms with Crippen LogP contribution in [-0.4, -0.2) is 54.8 Å². The highest BCUT2D eigenvalue weighted by atomic mass is 35.5. The highest BCUT2D eigenvalue weighted by Crippen LogP contribution is 2.40. The van der Waals surface area contributed by atoms with Crippen molar-refractivity contribution in [2.45, 2.75) is 50.7 Å². The van der Waals surface area contributed by atoms with Crippen LogP contribution >= 0.6 is 22.9 Å². The van der Waals surface area contributed by atoms with Gasteiger partial charge in [0.05, 0.1) is 21.3 Å². The lowest BCUT2D eigenvalue weighted by molar-refractivity contribution is -0.133. The molecule has 220 valence electrons. The lowest BCUT2D eigenvalue weighted by Gasteiger charge is -2.31. The number of aromatic nitrogens is 3. The van der Waals surface area contributed by atoms with Crippen LogP contribution in [0.1, 0.15) is 71.8 Å². The van der Waals surface area contributed by atoms with E-state index in [2.05, 4.69) is 10.3 Å². The second kappa shape index (κ2) is 12.4. The van der Waals surface area contributed by atoms with Crippen molar-refractivity contribution >= 4 is 45.6 Å². The first kappa shape index (κ1) is 29.5. The third kappa shape index (κ3) is 6.56. The van der Waals surface area contributed by atoms with E-state index in [0.717, 1.165) is 5.01 Å². The fraction of sp³-hybridized carbons (Fsp3) is 0.440. The summed E-state index contributed by atoms with van der Waals surface area (Å²) in [5, 5.41) is 10.9. The number of likely N-dealkylation sites (tertiary alicyclic amines) is 1. The zero-order valence-corrected chi connectivity index (χ0v) is 23.9. The minimum absolute atomic E-state index is 0.0754. The van der Waals surface area contributed by atoms with Crippen molar-refractivity contribution in [2.24, 2.45) is 5.16 Å². The molecule has 0 spiro atoms. The van der Waals surface area contributed by atoms with Gasteiger partial charge in [-0.2, -0.15) is 5.10 Å². The Morgan fingerprint density at radius 2 is 2.00 bits per heavy atom. The van der Waals surface area contributed by atoms with E-state index in [4.69, 9.17) is 25.6 Å². The monoisotopic (exact) mass is 633 g/mol. The van der Waals surface area contributed by atoms with Gasteiger partial charge in [0, 0.05) is 37.1 Å². The number of hydrogen-bond donors (Lipinski definition) is 0. The maximum atomic E-state index is 13.3. The van der Waals surface area contributed by atoms with Crippen LogP contribution in [0.4, 0.5) is 17.6 Å². The highest BCUT2D eigenvalue weighted by molar-refractivity contribution is 7.79. The van der Waals surface area contributed by atoms with Gasteiger partial charge in [0.2, 0.25) is 17.0 Å². The van der Waals surface area contributed by atoms with E-state index < -0.39 is 53.9 Å². The molecule has 0 saturated carbocycles. The van der Waals surface area contributed by atoms with E-state index in [1.165, 1.54) is 22.5 Å². The Hall–Kier alpha value is -3.04. The van der Waals surface area contributed by atoms with E-state index >= 15 is 0 Å². The first-order chi connectivity index (χ1) is 19.6. The standard InChI is InChI=1S/C25H24ClF4N5O4S2/c1-41(37)39-19-4-2-3-14(26)22(19)20-10-15(33-38-20)17-12-40-25(31-17)13-5-7-34(8-6-13)21(36)11-35-18(24(29)30)9-16(32-35)23(27)28/h2-4,9,12-13,20,23-24H,5-8,10-11H2,1H3. The number of hydrogen-bond acceptors (Lipinski definition) is 8. The van der Waals surface area contributed by atoms with Crippen molar-refractivity contribution in [1.82, 2.24) is 19.7 Å². The van der Waals surface area contributed by atoms with E-state index in [0.29, 0.717) is 70.8 Å².